The van der Waals surface area contributed by atoms with Crippen LogP contribution < -0.4 is 10.9 Å². The predicted molar refractivity (Wildman–Crippen MR) is 130 cm³/mol. The van der Waals surface area contributed by atoms with E-state index >= 15 is 0 Å². The Morgan fingerprint density at radius 1 is 1.12 bits per heavy atom. The van der Waals surface area contributed by atoms with Crippen molar-refractivity contribution in [3.8, 4) is 5.69 Å². The SMILES string of the molecule is CCOC(=O)c1nn(-c2ccc(C)c(C)c2)c(=O)c2c(NC(=O)c3ccc(Cl)cc3)scc12. The summed E-state index contributed by atoms with van der Waals surface area (Å²) in [5.74, 6) is -1.05. The van der Waals surface area contributed by atoms with Gasteiger partial charge in [0.1, 0.15) is 5.00 Å². The molecule has 0 atom stereocenters. The van der Waals surface area contributed by atoms with Gasteiger partial charge in [0.2, 0.25) is 0 Å². The van der Waals surface area contributed by atoms with Crippen LogP contribution >= 0.6 is 22.9 Å². The molecule has 0 aliphatic carbocycles. The second-order valence-corrected chi connectivity index (χ2v) is 8.69. The van der Waals surface area contributed by atoms with Gasteiger partial charge in [-0.1, -0.05) is 17.7 Å². The summed E-state index contributed by atoms with van der Waals surface area (Å²) in [6, 6.07) is 11.9. The van der Waals surface area contributed by atoms with Gasteiger partial charge in [0.05, 0.1) is 17.7 Å². The number of rotatable bonds is 5. The molecule has 168 valence electrons. The Labute approximate surface area is 198 Å². The third-order valence-corrected chi connectivity index (χ3v) is 6.34. The first kappa shape index (κ1) is 22.7. The summed E-state index contributed by atoms with van der Waals surface area (Å²) in [5, 5.41) is 10.1. The Morgan fingerprint density at radius 3 is 2.52 bits per heavy atom. The minimum Gasteiger partial charge on any atom is -0.461 e. The van der Waals surface area contributed by atoms with Crippen LogP contribution in [0.15, 0.2) is 52.6 Å². The Balaban J connectivity index is 1.89. The Hall–Kier alpha value is -3.49. The number of nitrogens with zero attached hydrogens (tertiary/aromatic N) is 2. The zero-order valence-electron chi connectivity index (χ0n) is 18.1. The van der Waals surface area contributed by atoms with Gasteiger partial charge in [-0.3, -0.25) is 9.59 Å². The number of halogens is 1. The maximum Gasteiger partial charge on any atom is 0.359 e. The van der Waals surface area contributed by atoms with Crippen molar-refractivity contribution in [2.45, 2.75) is 20.8 Å². The molecule has 9 heteroatoms. The molecule has 4 rings (SSSR count). The van der Waals surface area contributed by atoms with Crippen LogP contribution in [0.5, 0.6) is 0 Å². The minimum absolute atomic E-state index is 0.00733. The second-order valence-electron chi connectivity index (χ2n) is 7.37. The highest BCUT2D eigenvalue weighted by Crippen LogP contribution is 2.31. The van der Waals surface area contributed by atoms with Crippen molar-refractivity contribution >= 4 is 50.6 Å². The lowest BCUT2D eigenvalue weighted by atomic mass is 10.1. The van der Waals surface area contributed by atoms with Crippen molar-refractivity contribution < 1.29 is 14.3 Å². The number of hydrogen-bond acceptors (Lipinski definition) is 6. The molecule has 0 fully saturated rings. The number of esters is 1. The van der Waals surface area contributed by atoms with Crippen molar-refractivity contribution in [2.75, 3.05) is 11.9 Å². The lowest BCUT2D eigenvalue weighted by Gasteiger charge is -2.11. The molecule has 2 aromatic carbocycles. The zero-order valence-corrected chi connectivity index (χ0v) is 19.7. The fourth-order valence-corrected chi connectivity index (χ4v) is 4.36. The van der Waals surface area contributed by atoms with Crippen LogP contribution in [-0.2, 0) is 4.74 Å². The predicted octanol–water partition coefficient (Wildman–Crippen LogP) is 5.15. The number of aromatic nitrogens is 2. The van der Waals surface area contributed by atoms with Gasteiger partial charge >= 0.3 is 5.97 Å². The summed E-state index contributed by atoms with van der Waals surface area (Å²) >= 11 is 7.05. The van der Waals surface area contributed by atoms with Gasteiger partial charge in [-0.15, -0.1) is 11.3 Å². The van der Waals surface area contributed by atoms with E-state index in [1.54, 1.807) is 42.6 Å². The first-order valence-electron chi connectivity index (χ1n) is 10.2. The van der Waals surface area contributed by atoms with Crippen LogP contribution in [0.2, 0.25) is 5.02 Å². The lowest BCUT2D eigenvalue weighted by molar-refractivity contribution is 0.0520. The van der Waals surface area contributed by atoms with Crippen LogP contribution in [0, 0.1) is 13.8 Å². The smallest absolute Gasteiger partial charge is 0.359 e. The largest absolute Gasteiger partial charge is 0.461 e. The fourth-order valence-electron chi connectivity index (χ4n) is 3.30. The summed E-state index contributed by atoms with van der Waals surface area (Å²) in [5.41, 5.74) is 2.49. The summed E-state index contributed by atoms with van der Waals surface area (Å²) in [4.78, 5) is 38.9. The number of anilines is 1. The Kier molecular flexibility index (Phi) is 6.31. The number of nitrogens with one attached hydrogen (secondary N) is 1. The Morgan fingerprint density at radius 2 is 1.85 bits per heavy atom. The zero-order chi connectivity index (χ0) is 23.7. The molecule has 0 radical (unpaired) electrons. The van der Waals surface area contributed by atoms with Gasteiger partial charge in [0, 0.05) is 21.4 Å². The van der Waals surface area contributed by atoms with Crippen molar-refractivity contribution in [3.63, 3.8) is 0 Å². The van der Waals surface area contributed by atoms with Crippen molar-refractivity contribution in [2.24, 2.45) is 0 Å². The number of carbonyl (C=O) groups excluding carboxylic acids is 2. The molecule has 0 aliphatic rings. The number of fused-ring (bicyclic) bond motifs is 1. The van der Waals surface area contributed by atoms with Gasteiger partial charge in [-0.2, -0.15) is 9.78 Å². The third-order valence-electron chi connectivity index (χ3n) is 5.19. The number of aryl methyl sites for hydroxylation is 2. The topological polar surface area (TPSA) is 90.3 Å². The molecule has 4 aromatic rings. The molecule has 0 unspecified atom stereocenters. The van der Waals surface area contributed by atoms with Crippen LogP contribution in [0.3, 0.4) is 0 Å². The van der Waals surface area contributed by atoms with E-state index in [2.05, 4.69) is 10.4 Å². The highest BCUT2D eigenvalue weighted by Gasteiger charge is 2.23. The molecular weight excluding hydrogens is 462 g/mol. The molecular formula is C24H20ClN3O4S. The normalized spacial score (nSPS) is 10.9. The number of hydrogen-bond donors (Lipinski definition) is 1. The standard InChI is InChI=1S/C24H20ClN3O4S/c1-4-32-24(31)20-18-12-33-22(26-21(29)15-6-8-16(25)9-7-15)19(18)23(30)28(27-20)17-10-5-13(2)14(3)11-17/h5-12H,4H2,1-3H3,(H,26,29). The molecule has 2 aromatic heterocycles. The van der Waals surface area contributed by atoms with E-state index in [-0.39, 0.29) is 17.7 Å². The van der Waals surface area contributed by atoms with E-state index in [1.165, 1.54) is 4.68 Å². The average Bonchev–Trinajstić information content (AvgIpc) is 3.20. The highest BCUT2D eigenvalue weighted by molar-refractivity contribution is 7.16. The number of benzene rings is 2. The summed E-state index contributed by atoms with van der Waals surface area (Å²) in [6.07, 6.45) is 0. The molecule has 2 heterocycles. The molecule has 1 N–H and O–H groups in total. The van der Waals surface area contributed by atoms with E-state index in [1.807, 2.05) is 26.0 Å². The van der Waals surface area contributed by atoms with E-state index in [9.17, 15) is 14.4 Å². The first-order valence-corrected chi connectivity index (χ1v) is 11.4. The average molecular weight is 482 g/mol. The van der Waals surface area contributed by atoms with Gasteiger partial charge < -0.3 is 10.1 Å². The lowest BCUT2D eigenvalue weighted by Crippen LogP contribution is -2.25. The molecule has 0 spiro atoms. The summed E-state index contributed by atoms with van der Waals surface area (Å²) in [7, 11) is 0. The van der Waals surface area contributed by atoms with Crippen molar-refractivity contribution in [1.82, 2.24) is 9.78 Å². The second kappa shape index (κ2) is 9.17. The molecule has 0 saturated heterocycles. The van der Waals surface area contributed by atoms with Crippen LogP contribution in [0.1, 0.15) is 38.9 Å². The molecule has 0 aliphatic heterocycles. The minimum atomic E-state index is -0.645. The van der Waals surface area contributed by atoms with Gasteiger partial charge in [-0.05, 0) is 68.3 Å². The molecule has 0 bridgehead atoms. The monoisotopic (exact) mass is 481 g/mol. The number of ether oxygens (including phenoxy) is 1. The maximum absolute atomic E-state index is 13.5. The van der Waals surface area contributed by atoms with E-state index in [0.29, 0.717) is 26.7 Å². The Bertz CT molecular complexity index is 1440. The quantitative estimate of drug-likeness (QED) is 0.398. The first-order chi connectivity index (χ1) is 15.8. The van der Waals surface area contributed by atoms with E-state index < -0.39 is 17.4 Å². The molecule has 7 nitrogen and oxygen atoms in total. The van der Waals surface area contributed by atoms with Crippen LogP contribution in [0.4, 0.5) is 5.00 Å². The van der Waals surface area contributed by atoms with Gasteiger partial charge in [-0.25, -0.2) is 4.79 Å². The number of amides is 1. The highest BCUT2D eigenvalue weighted by atomic mass is 35.5. The van der Waals surface area contributed by atoms with E-state index in [4.69, 9.17) is 16.3 Å². The maximum atomic E-state index is 13.5. The van der Waals surface area contributed by atoms with Crippen molar-refractivity contribution in [1.29, 1.82) is 0 Å². The third kappa shape index (κ3) is 4.40. The van der Waals surface area contributed by atoms with Crippen LogP contribution in [0.25, 0.3) is 16.5 Å². The van der Waals surface area contributed by atoms with E-state index in [0.717, 1.165) is 22.5 Å². The molecule has 33 heavy (non-hydrogen) atoms. The number of thiophene rings is 1. The molecule has 0 saturated carbocycles. The van der Waals surface area contributed by atoms with Crippen molar-refractivity contribution in [3.05, 3.63) is 85.6 Å². The fraction of sp³-hybridized carbons (Fsp3) is 0.167. The number of carbonyl (C=O) groups is 2. The van der Waals surface area contributed by atoms with Gasteiger partial charge in [0.15, 0.2) is 5.69 Å². The van der Waals surface area contributed by atoms with Gasteiger partial charge in [0.25, 0.3) is 11.5 Å². The summed E-state index contributed by atoms with van der Waals surface area (Å²) < 4.78 is 6.34. The summed E-state index contributed by atoms with van der Waals surface area (Å²) in [6.45, 7) is 5.75. The molecule has 1 amide bonds. The van der Waals surface area contributed by atoms with Crippen LogP contribution in [-0.4, -0.2) is 28.3 Å².